The molecule has 0 aliphatic heterocycles. The first-order valence-electron chi connectivity index (χ1n) is 8.66. The lowest BCUT2D eigenvalue weighted by Crippen LogP contribution is -2.50. The molecule has 0 spiro atoms. The topological polar surface area (TPSA) is 80.3 Å². The SMILES string of the molecule is O=C(COc1ccc(Cl)c(F)c1)N[C@H]1C[C@H](C(=O)NCc2ccc(Cl)cn2)C1. The second-order valence-corrected chi connectivity index (χ2v) is 7.33. The van der Waals surface area contributed by atoms with Gasteiger partial charge in [0, 0.05) is 24.2 Å². The maximum atomic E-state index is 13.3. The fourth-order valence-electron chi connectivity index (χ4n) is 2.77. The van der Waals surface area contributed by atoms with Crippen LogP contribution in [0.1, 0.15) is 18.5 Å². The Labute approximate surface area is 171 Å². The van der Waals surface area contributed by atoms with Gasteiger partial charge in [0.2, 0.25) is 5.91 Å². The first kappa shape index (κ1) is 20.4. The third-order valence-corrected chi connectivity index (χ3v) is 4.90. The molecule has 1 heterocycles. The van der Waals surface area contributed by atoms with Crippen molar-refractivity contribution in [2.45, 2.75) is 25.4 Å². The molecule has 2 N–H and O–H groups in total. The number of halogens is 3. The first-order chi connectivity index (χ1) is 13.4. The van der Waals surface area contributed by atoms with Gasteiger partial charge in [-0.15, -0.1) is 0 Å². The molecule has 9 heteroatoms. The number of benzene rings is 1. The summed E-state index contributed by atoms with van der Waals surface area (Å²) in [5.74, 6) is -0.941. The summed E-state index contributed by atoms with van der Waals surface area (Å²) in [5.41, 5.74) is 0.720. The molecular weight excluding hydrogens is 408 g/mol. The quantitative estimate of drug-likeness (QED) is 0.713. The van der Waals surface area contributed by atoms with Crippen LogP contribution in [0, 0.1) is 11.7 Å². The summed E-state index contributed by atoms with van der Waals surface area (Å²) in [5, 5.41) is 6.14. The molecule has 1 fully saturated rings. The Morgan fingerprint density at radius 3 is 2.68 bits per heavy atom. The zero-order chi connectivity index (χ0) is 20.1. The number of amides is 2. The monoisotopic (exact) mass is 425 g/mol. The molecular formula is C19H18Cl2FN3O3. The molecule has 3 rings (SSSR count). The summed E-state index contributed by atoms with van der Waals surface area (Å²) in [4.78, 5) is 28.1. The van der Waals surface area contributed by atoms with Crippen LogP contribution in [-0.2, 0) is 16.1 Å². The minimum atomic E-state index is -0.610. The Morgan fingerprint density at radius 2 is 2.00 bits per heavy atom. The smallest absolute Gasteiger partial charge is 0.258 e. The molecule has 28 heavy (non-hydrogen) atoms. The van der Waals surface area contributed by atoms with Crippen molar-refractivity contribution in [2.24, 2.45) is 5.92 Å². The number of carbonyl (C=O) groups excluding carboxylic acids is 2. The lowest BCUT2D eigenvalue weighted by molar-refractivity contribution is -0.131. The number of nitrogens with one attached hydrogen (secondary N) is 2. The number of ether oxygens (including phenoxy) is 1. The highest BCUT2D eigenvalue weighted by Gasteiger charge is 2.35. The maximum absolute atomic E-state index is 13.3. The molecule has 1 aromatic heterocycles. The maximum Gasteiger partial charge on any atom is 0.258 e. The average molecular weight is 426 g/mol. The Kier molecular flexibility index (Phi) is 6.70. The van der Waals surface area contributed by atoms with E-state index in [0.29, 0.717) is 24.4 Å². The van der Waals surface area contributed by atoms with Gasteiger partial charge in [0.25, 0.3) is 5.91 Å². The van der Waals surface area contributed by atoms with Crippen LogP contribution in [0.2, 0.25) is 10.0 Å². The molecule has 1 aromatic carbocycles. The standard InChI is InChI=1S/C19H18Cl2FN3O3/c20-12-1-2-13(23-8-12)9-24-19(27)11-5-14(6-11)25-18(26)10-28-15-3-4-16(21)17(22)7-15/h1-4,7-8,11,14H,5-6,9-10H2,(H,24,27)(H,25,26)/t11-,14-. The van der Waals surface area contributed by atoms with Gasteiger partial charge in [-0.2, -0.15) is 0 Å². The largest absolute Gasteiger partial charge is 0.484 e. The molecule has 1 saturated carbocycles. The van der Waals surface area contributed by atoms with Crippen LogP contribution >= 0.6 is 23.2 Å². The van der Waals surface area contributed by atoms with Crippen LogP contribution < -0.4 is 15.4 Å². The third-order valence-electron chi connectivity index (χ3n) is 4.37. The second-order valence-electron chi connectivity index (χ2n) is 6.48. The van der Waals surface area contributed by atoms with E-state index in [1.54, 1.807) is 12.1 Å². The van der Waals surface area contributed by atoms with Crippen molar-refractivity contribution in [1.82, 2.24) is 15.6 Å². The lowest BCUT2D eigenvalue weighted by Gasteiger charge is -2.34. The van der Waals surface area contributed by atoms with Crippen molar-refractivity contribution in [2.75, 3.05) is 6.61 Å². The van der Waals surface area contributed by atoms with E-state index in [9.17, 15) is 14.0 Å². The number of hydrogen-bond donors (Lipinski definition) is 2. The fraction of sp³-hybridized carbons (Fsp3) is 0.316. The molecule has 148 valence electrons. The van der Waals surface area contributed by atoms with Gasteiger partial charge < -0.3 is 15.4 Å². The van der Waals surface area contributed by atoms with Gasteiger partial charge in [0.05, 0.1) is 22.3 Å². The van der Waals surface area contributed by atoms with Gasteiger partial charge in [-0.3, -0.25) is 14.6 Å². The minimum absolute atomic E-state index is 0.0116. The zero-order valence-electron chi connectivity index (χ0n) is 14.8. The Balaban J connectivity index is 1.34. The van der Waals surface area contributed by atoms with E-state index >= 15 is 0 Å². The lowest BCUT2D eigenvalue weighted by atomic mass is 9.79. The van der Waals surface area contributed by atoms with E-state index in [1.807, 2.05) is 0 Å². The number of nitrogens with zero attached hydrogens (tertiary/aromatic N) is 1. The van der Waals surface area contributed by atoms with Crippen LogP contribution in [0.25, 0.3) is 0 Å². The molecule has 0 radical (unpaired) electrons. The highest BCUT2D eigenvalue weighted by atomic mass is 35.5. The molecule has 0 unspecified atom stereocenters. The van der Waals surface area contributed by atoms with Crippen molar-refractivity contribution < 1.29 is 18.7 Å². The molecule has 1 aliphatic carbocycles. The fourth-order valence-corrected chi connectivity index (χ4v) is 3.00. The van der Waals surface area contributed by atoms with Crippen LogP contribution in [0.5, 0.6) is 5.75 Å². The molecule has 0 saturated heterocycles. The van der Waals surface area contributed by atoms with Crippen molar-refractivity contribution in [3.8, 4) is 5.75 Å². The Morgan fingerprint density at radius 1 is 1.21 bits per heavy atom. The van der Waals surface area contributed by atoms with Gasteiger partial charge in [-0.1, -0.05) is 23.2 Å². The van der Waals surface area contributed by atoms with Gasteiger partial charge in [0.15, 0.2) is 6.61 Å². The highest BCUT2D eigenvalue weighted by Crippen LogP contribution is 2.27. The molecule has 1 aliphatic rings. The van der Waals surface area contributed by atoms with E-state index < -0.39 is 5.82 Å². The number of rotatable bonds is 7. The summed E-state index contributed by atoms with van der Waals surface area (Å²) < 4.78 is 18.6. The summed E-state index contributed by atoms with van der Waals surface area (Å²) >= 11 is 11.4. The number of hydrogen-bond acceptors (Lipinski definition) is 4. The molecule has 0 atom stereocenters. The average Bonchev–Trinajstić information content (AvgIpc) is 2.64. The second kappa shape index (κ2) is 9.21. The van der Waals surface area contributed by atoms with Gasteiger partial charge in [-0.05, 0) is 37.1 Å². The van der Waals surface area contributed by atoms with Gasteiger partial charge >= 0.3 is 0 Å². The zero-order valence-corrected chi connectivity index (χ0v) is 16.3. The van der Waals surface area contributed by atoms with Crippen molar-refractivity contribution >= 4 is 35.0 Å². The van der Waals surface area contributed by atoms with E-state index in [-0.39, 0.29) is 41.2 Å². The van der Waals surface area contributed by atoms with Crippen molar-refractivity contribution in [3.05, 3.63) is 58.1 Å². The first-order valence-corrected chi connectivity index (χ1v) is 9.41. The molecule has 6 nitrogen and oxygen atoms in total. The molecule has 2 aromatic rings. The summed E-state index contributed by atoms with van der Waals surface area (Å²) in [6.07, 6.45) is 2.64. The van der Waals surface area contributed by atoms with E-state index in [4.69, 9.17) is 27.9 Å². The molecule has 0 bridgehead atoms. The van der Waals surface area contributed by atoms with Crippen LogP contribution in [0.4, 0.5) is 4.39 Å². The van der Waals surface area contributed by atoms with Crippen LogP contribution in [0.15, 0.2) is 36.5 Å². The predicted molar refractivity (Wildman–Crippen MR) is 103 cm³/mol. The highest BCUT2D eigenvalue weighted by molar-refractivity contribution is 6.30. The van der Waals surface area contributed by atoms with Gasteiger partial charge in [-0.25, -0.2) is 4.39 Å². The van der Waals surface area contributed by atoms with Crippen molar-refractivity contribution in [3.63, 3.8) is 0 Å². The third kappa shape index (κ3) is 5.56. The number of pyridine rings is 1. The van der Waals surface area contributed by atoms with Crippen LogP contribution in [0.3, 0.4) is 0 Å². The molecule has 2 amide bonds. The van der Waals surface area contributed by atoms with Crippen molar-refractivity contribution in [1.29, 1.82) is 0 Å². The van der Waals surface area contributed by atoms with E-state index in [2.05, 4.69) is 15.6 Å². The van der Waals surface area contributed by atoms with Gasteiger partial charge in [0.1, 0.15) is 11.6 Å². The Hall–Kier alpha value is -2.38. The minimum Gasteiger partial charge on any atom is -0.484 e. The number of carbonyl (C=O) groups is 2. The summed E-state index contributed by atoms with van der Waals surface area (Å²) in [6.45, 7) is 0.0890. The summed E-state index contributed by atoms with van der Waals surface area (Å²) in [7, 11) is 0. The normalized spacial score (nSPS) is 18.1. The number of aromatic nitrogens is 1. The van der Waals surface area contributed by atoms with Crippen LogP contribution in [-0.4, -0.2) is 29.4 Å². The summed E-state index contributed by atoms with van der Waals surface area (Å²) in [6, 6.07) is 7.35. The van der Waals surface area contributed by atoms with E-state index in [1.165, 1.54) is 18.3 Å². The Bertz CT molecular complexity index is 858. The predicted octanol–water partition coefficient (Wildman–Crippen LogP) is 3.12. The van der Waals surface area contributed by atoms with E-state index in [0.717, 1.165) is 11.8 Å².